The van der Waals surface area contributed by atoms with Crippen LogP contribution in [0.3, 0.4) is 0 Å². The summed E-state index contributed by atoms with van der Waals surface area (Å²) in [6.07, 6.45) is 4.65. The van der Waals surface area contributed by atoms with Gasteiger partial charge in [0.05, 0.1) is 0 Å². The van der Waals surface area contributed by atoms with Crippen molar-refractivity contribution >= 4 is 49.6 Å². The molecule has 1 aromatic heterocycles. The van der Waals surface area contributed by atoms with E-state index in [2.05, 4.69) is 218 Å². The van der Waals surface area contributed by atoms with Gasteiger partial charge in [-0.2, -0.15) is 0 Å². The number of nitrogens with zero attached hydrogens (tertiary/aromatic N) is 1. The zero-order valence-electron chi connectivity index (χ0n) is 30.2. The Morgan fingerprint density at radius 2 is 1.02 bits per heavy atom. The monoisotopic (exact) mass is 709 g/mol. The summed E-state index contributed by atoms with van der Waals surface area (Å²) in [5.41, 5.74) is 13.3. The molecule has 0 unspecified atom stereocenters. The molecular formula is C52H39NS. The van der Waals surface area contributed by atoms with E-state index in [1.54, 1.807) is 0 Å². The van der Waals surface area contributed by atoms with Crippen molar-refractivity contribution in [2.75, 3.05) is 11.4 Å². The van der Waals surface area contributed by atoms with Crippen molar-refractivity contribution in [2.24, 2.45) is 0 Å². The molecule has 0 radical (unpaired) electrons. The standard InChI is InChI=1S/C52H39NS/c1-37-46(50-21-10-11-24-52(50)54-37)23-13-35-53(45-32-29-41(30-33-45)40-27-25-39(26-28-40)38-14-4-2-5-15-38)51-36-44(31-34-49(51)43-16-6-3-7-17-43)48-22-12-19-42-18-8-9-20-47(42)48/h2-34,36H,35H2,1H3/b23-13-. The first-order chi connectivity index (χ1) is 26.7. The van der Waals surface area contributed by atoms with Crippen LogP contribution in [-0.2, 0) is 0 Å². The molecule has 0 saturated heterocycles. The lowest BCUT2D eigenvalue weighted by molar-refractivity contribution is 1.10. The maximum absolute atomic E-state index is 2.47. The molecule has 1 nitrogen and oxygen atoms in total. The summed E-state index contributed by atoms with van der Waals surface area (Å²) in [5, 5.41) is 3.81. The molecule has 9 aromatic rings. The Kier molecular flexibility index (Phi) is 9.19. The van der Waals surface area contributed by atoms with Crippen molar-refractivity contribution in [3.05, 3.63) is 211 Å². The van der Waals surface area contributed by atoms with Crippen LogP contribution in [0.4, 0.5) is 11.4 Å². The maximum atomic E-state index is 2.47. The number of fused-ring (bicyclic) bond motifs is 2. The third-order valence-corrected chi connectivity index (χ3v) is 11.5. The van der Waals surface area contributed by atoms with Crippen molar-refractivity contribution in [3.63, 3.8) is 0 Å². The van der Waals surface area contributed by atoms with Crippen LogP contribution in [-0.4, -0.2) is 6.54 Å². The van der Waals surface area contributed by atoms with Gasteiger partial charge in [0.25, 0.3) is 0 Å². The van der Waals surface area contributed by atoms with Gasteiger partial charge in [0.2, 0.25) is 0 Å². The zero-order valence-corrected chi connectivity index (χ0v) is 31.0. The van der Waals surface area contributed by atoms with Crippen molar-refractivity contribution < 1.29 is 0 Å². The van der Waals surface area contributed by atoms with Crippen LogP contribution in [0.2, 0.25) is 0 Å². The molecule has 2 heteroatoms. The summed E-state index contributed by atoms with van der Waals surface area (Å²) in [6.45, 7) is 2.93. The molecular weight excluding hydrogens is 671 g/mol. The topological polar surface area (TPSA) is 3.24 Å². The molecule has 0 N–H and O–H groups in total. The number of hydrogen-bond acceptors (Lipinski definition) is 2. The highest BCUT2D eigenvalue weighted by molar-refractivity contribution is 7.19. The highest BCUT2D eigenvalue weighted by atomic mass is 32.1. The van der Waals surface area contributed by atoms with Crippen molar-refractivity contribution in [1.29, 1.82) is 0 Å². The van der Waals surface area contributed by atoms with Gasteiger partial charge in [0, 0.05) is 33.1 Å². The van der Waals surface area contributed by atoms with E-state index in [-0.39, 0.29) is 0 Å². The highest BCUT2D eigenvalue weighted by Crippen LogP contribution is 2.41. The van der Waals surface area contributed by atoms with E-state index in [0.29, 0.717) is 6.54 Å². The summed E-state index contributed by atoms with van der Waals surface area (Å²) in [6, 6.07) is 70.3. The first-order valence-corrected chi connectivity index (χ1v) is 19.4. The lowest BCUT2D eigenvalue weighted by Gasteiger charge is -2.28. The van der Waals surface area contributed by atoms with Gasteiger partial charge in [0.1, 0.15) is 0 Å². The number of aryl methyl sites for hydroxylation is 1. The van der Waals surface area contributed by atoms with Crippen LogP contribution in [0.25, 0.3) is 71.4 Å². The molecule has 0 aliphatic rings. The van der Waals surface area contributed by atoms with Gasteiger partial charge in [-0.3, -0.25) is 0 Å². The molecule has 54 heavy (non-hydrogen) atoms. The van der Waals surface area contributed by atoms with E-state index in [0.717, 1.165) is 5.69 Å². The summed E-state index contributed by atoms with van der Waals surface area (Å²) in [7, 11) is 0. The minimum Gasteiger partial charge on any atom is -0.337 e. The third kappa shape index (κ3) is 6.65. The van der Waals surface area contributed by atoms with Crippen molar-refractivity contribution in [2.45, 2.75) is 6.92 Å². The molecule has 9 rings (SSSR count). The molecule has 0 spiro atoms. The second-order valence-corrected chi connectivity index (χ2v) is 15.0. The Balaban J connectivity index is 1.15. The second-order valence-electron chi connectivity index (χ2n) is 13.7. The van der Waals surface area contributed by atoms with Gasteiger partial charge in [-0.1, -0.05) is 182 Å². The fraction of sp³-hybridized carbons (Fsp3) is 0.0385. The largest absolute Gasteiger partial charge is 0.337 e. The number of thiophene rings is 1. The van der Waals surface area contributed by atoms with Crippen LogP contribution in [0.1, 0.15) is 10.4 Å². The van der Waals surface area contributed by atoms with Gasteiger partial charge in [-0.25, -0.2) is 0 Å². The van der Waals surface area contributed by atoms with E-state index in [1.807, 2.05) is 11.3 Å². The molecule has 258 valence electrons. The Morgan fingerprint density at radius 1 is 0.463 bits per heavy atom. The summed E-state index contributed by atoms with van der Waals surface area (Å²) < 4.78 is 1.33. The predicted molar refractivity (Wildman–Crippen MR) is 235 cm³/mol. The molecule has 0 atom stereocenters. The molecule has 0 fully saturated rings. The van der Waals surface area contributed by atoms with E-state index in [9.17, 15) is 0 Å². The normalized spacial score (nSPS) is 11.4. The lowest BCUT2D eigenvalue weighted by atomic mass is 9.94. The van der Waals surface area contributed by atoms with Gasteiger partial charge in [-0.15, -0.1) is 11.3 Å². The van der Waals surface area contributed by atoms with Gasteiger partial charge in [0.15, 0.2) is 0 Å². The fourth-order valence-electron chi connectivity index (χ4n) is 7.59. The van der Waals surface area contributed by atoms with Crippen LogP contribution in [0, 0.1) is 6.92 Å². The van der Waals surface area contributed by atoms with Crippen molar-refractivity contribution in [1.82, 2.24) is 0 Å². The molecule has 1 heterocycles. The van der Waals surface area contributed by atoms with Crippen molar-refractivity contribution in [3.8, 4) is 44.5 Å². The second kappa shape index (κ2) is 14.9. The van der Waals surface area contributed by atoms with E-state index in [1.165, 1.54) is 81.5 Å². The van der Waals surface area contributed by atoms with E-state index < -0.39 is 0 Å². The lowest BCUT2D eigenvalue weighted by Crippen LogP contribution is -2.18. The average Bonchev–Trinajstić information content (AvgIpc) is 3.57. The number of hydrogen-bond donors (Lipinski definition) is 0. The SMILES string of the molecule is Cc1sc2ccccc2c1/C=C\CN(c1ccc(-c2ccc(-c3ccccc3)cc2)cc1)c1cc(-c2cccc3ccccc23)ccc1-c1ccccc1. The predicted octanol–water partition coefficient (Wildman–Crippen LogP) is 14.9. The van der Waals surface area contributed by atoms with Gasteiger partial charge in [-0.05, 0) is 91.9 Å². The highest BCUT2D eigenvalue weighted by Gasteiger charge is 2.17. The Hall–Kier alpha value is -6.48. The Labute approximate surface area is 321 Å². The maximum Gasteiger partial charge on any atom is 0.0499 e. The number of anilines is 2. The summed E-state index contributed by atoms with van der Waals surface area (Å²) in [4.78, 5) is 3.81. The zero-order chi connectivity index (χ0) is 36.3. The number of benzene rings is 8. The molecule has 0 saturated carbocycles. The minimum absolute atomic E-state index is 0.702. The van der Waals surface area contributed by atoms with Crippen LogP contribution in [0.5, 0.6) is 0 Å². The molecule has 0 aliphatic heterocycles. The van der Waals surface area contributed by atoms with Crippen LogP contribution >= 0.6 is 11.3 Å². The summed E-state index contributed by atoms with van der Waals surface area (Å²) in [5.74, 6) is 0. The minimum atomic E-state index is 0.702. The first-order valence-electron chi connectivity index (χ1n) is 18.6. The molecule has 0 aliphatic carbocycles. The Bertz CT molecular complexity index is 2720. The smallest absolute Gasteiger partial charge is 0.0499 e. The summed E-state index contributed by atoms with van der Waals surface area (Å²) >= 11 is 1.86. The molecule has 0 bridgehead atoms. The first kappa shape index (κ1) is 33.4. The number of rotatable bonds is 9. The molecule has 8 aromatic carbocycles. The molecule has 0 amide bonds. The van der Waals surface area contributed by atoms with Crippen LogP contribution < -0.4 is 4.90 Å². The third-order valence-electron chi connectivity index (χ3n) is 10.4. The van der Waals surface area contributed by atoms with E-state index >= 15 is 0 Å². The fourth-order valence-corrected chi connectivity index (χ4v) is 8.65. The van der Waals surface area contributed by atoms with Gasteiger partial charge < -0.3 is 4.90 Å². The quantitative estimate of drug-likeness (QED) is 0.144. The van der Waals surface area contributed by atoms with Gasteiger partial charge >= 0.3 is 0 Å². The average molecular weight is 710 g/mol. The Morgan fingerprint density at radius 3 is 1.74 bits per heavy atom. The van der Waals surface area contributed by atoms with E-state index in [4.69, 9.17) is 0 Å². The van der Waals surface area contributed by atoms with Crippen LogP contribution in [0.15, 0.2) is 200 Å².